The number of carbonyl (C=O) groups excluding carboxylic acids is 1. The number of carbonyl (C=O) groups is 1. The Kier molecular flexibility index (Phi) is 2.93. The van der Waals surface area contributed by atoms with E-state index in [0.29, 0.717) is 4.42 Å². The summed E-state index contributed by atoms with van der Waals surface area (Å²) >= 11 is 33.3. The van der Waals surface area contributed by atoms with Gasteiger partial charge in [-0.05, 0) is 0 Å². The van der Waals surface area contributed by atoms with Gasteiger partial charge in [-0.25, -0.2) is 4.42 Å². The van der Waals surface area contributed by atoms with Gasteiger partial charge in [0.25, 0.3) is 5.91 Å². The first-order chi connectivity index (χ1) is 5.23. The van der Waals surface area contributed by atoms with Gasteiger partial charge in [-0.3, -0.25) is 4.79 Å². The lowest BCUT2D eigenvalue weighted by atomic mass is 10.3. The van der Waals surface area contributed by atoms with Crippen molar-refractivity contribution in [2.45, 2.75) is 14.2 Å². The quantitative estimate of drug-likeness (QED) is 0.382. The molecule has 2 nitrogen and oxygen atoms in total. The maximum absolute atomic E-state index is 11.1. The largest absolute Gasteiger partial charge is 0.278 e. The van der Waals surface area contributed by atoms with Crippen molar-refractivity contribution in [3.63, 3.8) is 0 Å². The first-order valence-corrected chi connectivity index (χ1v) is 4.90. The third-order valence-electron chi connectivity index (χ3n) is 1.38. The number of alkyl halides is 5. The van der Waals surface area contributed by atoms with Crippen molar-refractivity contribution in [1.29, 1.82) is 0 Å². The van der Waals surface area contributed by atoms with Crippen molar-refractivity contribution >= 4 is 75.7 Å². The van der Waals surface area contributed by atoms with Crippen molar-refractivity contribution in [3.8, 4) is 0 Å². The summed E-state index contributed by atoms with van der Waals surface area (Å²) in [7, 11) is 0. The van der Waals surface area contributed by atoms with Crippen LogP contribution in [0.1, 0.15) is 0 Å². The normalized spacial score (nSPS) is 32.7. The van der Waals surface area contributed by atoms with Crippen molar-refractivity contribution in [2.24, 2.45) is 0 Å². The van der Waals surface area contributed by atoms with Crippen LogP contribution in [-0.2, 0) is 4.79 Å². The molecular weight excluding hydrogens is 291 g/mol. The molecule has 12 heavy (non-hydrogen) atoms. The van der Waals surface area contributed by atoms with Crippen molar-refractivity contribution < 1.29 is 4.79 Å². The number of rotatable bonds is 0. The molecule has 1 unspecified atom stereocenters. The summed E-state index contributed by atoms with van der Waals surface area (Å²) in [6.07, 6.45) is 0. The number of amides is 1. The van der Waals surface area contributed by atoms with Crippen LogP contribution in [0.5, 0.6) is 0 Å². The Morgan fingerprint density at radius 1 is 1.25 bits per heavy atom. The minimum absolute atomic E-state index is 0.571. The summed E-state index contributed by atoms with van der Waals surface area (Å²) in [4.78, 5) is 11.1. The van der Waals surface area contributed by atoms with Crippen LogP contribution in [-0.4, -0.2) is 24.5 Å². The van der Waals surface area contributed by atoms with Gasteiger partial charge in [0.15, 0.2) is 9.83 Å². The Balaban J connectivity index is 3.14. The number of hydrogen-bond acceptors (Lipinski definition) is 1. The molecule has 1 rings (SSSR count). The van der Waals surface area contributed by atoms with E-state index in [1.165, 1.54) is 0 Å². The summed E-state index contributed by atoms with van der Waals surface area (Å²) in [5.74, 6) is -0.836. The van der Waals surface area contributed by atoms with E-state index in [1.54, 1.807) is 0 Å². The van der Waals surface area contributed by atoms with Gasteiger partial charge in [0.2, 0.25) is 4.33 Å². The van der Waals surface area contributed by atoms with Crippen molar-refractivity contribution in [3.05, 3.63) is 0 Å². The number of halogens is 6. The SMILES string of the molecule is O=C1N(Cl)C(Cl)C(Cl)(Cl)C1(Cl)Cl. The smallest absolute Gasteiger partial charge is 0.270 e. The number of hydrogen-bond donors (Lipinski definition) is 0. The third kappa shape index (κ3) is 1.28. The molecule has 1 heterocycles. The van der Waals surface area contributed by atoms with Crippen LogP contribution in [0, 0.1) is 0 Å². The molecule has 0 bridgehead atoms. The number of nitrogens with zero attached hydrogens (tertiary/aromatic N) is 1. The monoisotopic (exact) mass is 289 g/mol. The summed E-state index contributed by atoms with van der Waals surface area (Å²) < 4.78 is -3.26. The third-order valence-corrected chi connectivity index (χ3v) is 4.86. The standard InChI is InChI=1S/C4HCl6NO/c5-1-3(6,7)4(8,9)2(12)11(1)10/h1H. The maximum Gasteiger partial charge on any atom is 0.278 e. The zero-order chi connectivity index (χ0) is 9.73. The van der Waals surface area contributed by atoms with Crippen LogP contribution in [0.4, 0.5) is 0 Å². The van der Waals surface area contributed by atoms with E-state index in [0.717, 1.165) is 0 Å². The second-order valence-corrected chi connectivity index (χ2v) is 5.64. The Labute approximate surface area is 98.7 Å². The van der Waals surface area contributed by atoms with Crippen LogP contribution in [0.25, 0.3) is 0 Å². The van der Waals surface area contributed by atoms with Gasteiger partial charge in [0, 0.05) is 11.8 Å². The van der Waals surface area contributed by atoms with Gasteiger partial charge >= 0.3 is 0 Å². The average molecular weight is 292 g/mol. The van der Waals surface area contributed by atoms with E-state index < -0.39 is 20.1 Å². The van der Waals surface area contributed by atoms with Crippen LogP contribution >= 0.6 is 69.8 Å². The molecule has 0 aromatic carbocycles. The fourth-order valence-electron chi connectivity index (χ4n) is 0.672. The van der Waals surface area contributed by atoms with E-state index in [4.69, 9.17) is 69.8 Å². The molecule has 0 radical (unpaired) electrons. The maximum atomic E-state index is 11.1. The molecule has 0 aliphatic carbocycles. The van der Waals surface area contributed by atoms with E-state index in [-0.39, 0.29) is 0 Å². The molecule has 1 saturated heterocycles. The molecule has 0 aromatic rings. The van der Waals surface area contributed by atoms with Gasteiger partial charge < -0.3 is 0 Å². The van der Waals surface area contributed by atoms with Gasteiger partial charge in [0.05, 0.1) is 0 Å². The first kappa shape index (κ1) is 11.3. The molecule has 0 aromatic heterocycles. The molecule has 1 amide bonds. The molecule has 0 N–H and O–H groups in total. The van der Waals surface area contributed by atoms with Gasteiger partial charge in [0.1, 0.15) is 0 Å². The highest BCUT2D eigenvalue weighted by Crippen LogP contribution is 2.54. The lowest BCUT2D eigenvalue weighted by Crippen LogP contribution is -2.39. The summed E-state index contributed by atoms with van der Waals surface area (Å²) in [5, 5.41) is 0. The predicted octanol–water partition coefficient (Wildman–Crippen LogP) is 2.90. The molecule has 1 aliphatic rings. The topological polar surface area (TPSA) is 20.3 Å². The molecule has 0 spiro atoms. The lowest BCUT2D eigenvalue weighted by Gasteiger charge is -2.22. The second-order valence-electron chi connectivity index (χ2n) is 2.15. The highest BCUT2D eigenvalue weighted by molar-refractivity contribution is 6.72. The van der Waals surface area contributed by atoms with E-state index >= 15 is 0 Å². The average Bonchev–Trinajstić information content (AvgIpc) is 2.05. The first-order valence-electron chi connectivity index (χ1n) is 2.62. The van der Waals surface area contributed by atoms with Crippen molar-refractivity contribution in [1.82, 2.24) is 4.42 Å². The Hall–Kier alpha value is 1.21. The fraction of sp³-hybridized carbons (Fsp3) is 0.750. The molecule has 1 atom stereocenters. The van der Waals surface area contributed by atoms with Gasteiger partial charge in [-0.1, -0.05) is 58.0 Å². The lowest BCUT2D eigenvalue weighted by molar-refractivity contribution is -0.124. The van der Waals surface area contributed by atoms with Crippen LogP contribution in [0.3, 0.4) is 0 Å². The second kappa shape index (κ2) is 3.11. The predicted molar refractivity (Wildman–Crippen MR) is 51.2 cm³/mol. The minimum Gasteiger partial charge on any atom is -0.270 e. The molecule has 0 saturated carbocycles. The van der Waals surface area contributed by atoms with E-state index in [1.807, 2.05) is 0 Å². The van der Waals surface area contributed by atoms with Crippen LogP contribution in [0.2, 0.25) is 0 Å². The highest BCUT2D eigenvalue weighted by Gasteiger charge is 2.67. The van der Waals surface area contributed by atoms with E-state index in [9.17, 15) is 4.79 Å². The summed E-state index contributed by atoms with van der Waals surface area (Å²) in [5.41, 5.74) is -1.16. The van der Waals surface area contributed by atoms with Crippen LogP contribution < -0.4 is 0 Å². The summed E-state index contributed by atoms with van der Waals surface area (Å²) in [6, 6.07) is 0. The Morgan fingerprint density at radius 3 is 1.75 bits per heavy atom. The van der Waals surface area contributed by atoms with E-state index in [2.05, 4.69) is 0 Å². The Bertz CT molecular complexity index is 228. The minimum atomic E-state index is -2.01. The zero-order valence-electron chi connectivity index (χ0n) is 5.20. The fourth-order valence-corrected chi connectivity index (χ4v) is 2.24. The van der Waals surface area contributed by atoms with Crippen LogP contribution in [0.15, 0.2) is 0 Å². The molecule has 8 heteroatoms. The molecular formula is C4HCl6NO. The Morgan fingerprint density at radius 2 is 1.67 bits per heavy atom. The molecule has 1 fully saturated rings. The zero-order valence-corrected chi connectivity index (χ0v) is 9.74. The van der Waals surface area contributed by atoms with Gasteiger partial charge in [-0.2, -0.15) is 0 Å². The van der Waals surface area contributed by atoms with Crippen molar-refractivity contribution in [2.75, 3.05) is 0 Å². The molecule has 70 valence electrons. The van der Waals surface area contributed by atoms with Gasteiger partial charge in [-0.15, -0.1) is 0 Å². The molecule has 1 aliphatic heterocycles. The highest BCUT2D eigenvalue weighted by atomic mass is 35.5. The summed E-state index contributed by atoms with van der Waals surface area (Å²) in [6.45, 7) is 0.